The second-order valence-electron chi connectivity index (χ2n) is 33.3. The van der Waals surface area contributed by atoms with Crippen molar-refractivity contribution >= 4 is 204 Å². The molecule has 24 nitrogen and oxygen atoms in total. The summed E-state index contributed by atoms with van der Waals surface area (Å²) in [7, 11) is 0. The van der Waals surface area contributed by atoms with Crippen LogP contribution in [0, 0.1) is 41.5 Å². The van der Waals surface area contributed by atoms with Crippen molar-refractivity contribution in [3.63, 3.8) is 0 Å². The van der Waals surface area contributed by atoms with E-state index in [1.807, 2.05) is 96.1 Å². The molecule has 0 saturated carbocycles. The van der Waals surface area contributed by atoms with E-state index in [1.54, 1.807) is 0 Å². The molecule has 6 aliphatic rings. The van der Waals surface area contributed by atoms with Crippen LogP contribution in [0.4, 0.5) is 0 Å². The van der Waals surface area contributed by atoms with Gasteiger partial charge in [0.25, 0.3) is 0 Å². The molecule has 0 unspecified atom stereocenters. The van der Waals surface area contributed by atoms with Gasteiger partial charge in [-0.15, -0.1) is 0 Å². The first-order chi connectivity index (χ1) is 60.0. The van der Waals surface area contributed by atoms with Crippen LogP contribution in [0.5, 0.6) is 0 Å². The van der Waals surface area contributed by atoms with E-state index >= 15 is 0 Å². The number of carbonyl (C=O) groups excluding carboxylic acids is 6. The van der Waals surface area contributed by atoms with Crippen molar-refractivity contribution in [1.29, 1.82) is 0 Å². The summed E-state index contributed by atoms with van der Waals surface area (Å²) in [5.41, 5.74) is 44.8. The number of allylic oxidation sites excluding steroid dienone is 12. The smallest absolute Gasteiger partial charge is 0.550 e. The fourth-order valence-electron chi connectivity index (χ4n) is 18.6. The van der Waals surface area contributed by atoms with Crippen LogP contribution in [-0.2, 0) is 67.3 Å². The number of carboxylic acids is 6. The number of nitrogens with zero attached hydrogens (tertiary/aromatic N) is 6. The first-order valence-corrected chi connectivity index (χ1v) is 43.7. The Kier molecular flexibility index (Phi) is 30.4. The second kappa shape index (κ2) is 40.3. The van der Waals surface area contributed by atoms with Gasteiger partial charge in [-0.25, -0.2) is 29.9 Å². The van der Waals surface area contributed by atoms with Crippen LogP contribution >= 0.6 is 0 Å². The van der Waals surface area contributed by atoms with Crippen molar-refractivity contribution in [3.05, 3.63) is 208 Å². The number of fused-ring (bicyclic) bond motifs is 24. The maximum absolute atomic E-state index is 11.4. The molecule has 6 N–H and O–H groups in total. The van der Waals surface area contributed by atoms with E-state index in [0.29, 0.717) is 34.2 Å². The summed E-state index contributed by atoms with van der Waals surface area (Å²) >= 11 is 0. The van der Waals surface area contributed by atoms with Crippen LogP contribution in [0.25, 0.3) is 133 Å². The topological polar surface area (TPSA) is 413 Å². The number of aromatic nitrogens is 12. The summed E-state index contributed by atoms with van der Waals surface area (Å²) < 4.78 is 0. The number of carboxylic acid groups (broad SMARTS) is 6. The number of rotatable bonds is 24. The molecule has 0 aromatic carbocycles. The number of aliphatic carboxylic acids is 6. The number of aromatic amines is 6. The standard InChI is InChI=1S/3C34H38N4O4.2Al/c3*1-7-21-17(3)25-13-26-19(5)23(9-11-33(39)40)31(37-26)16-32-24(10-12-34(41)42)20(6)28(38-32)15-30-22(8-2)18(4)27(36-30)14-29(21)35-25;;/h3*13-16,35-36H,7-12H2,1-6H3,(H,39,40)(H,41,42);;/q;;;2*+3/p-6. The predicted octanol–water partition coefficient (Wildman–Crippen LogP) is 14.2. The fraction of sp³-hybridized carbons (Fsp3) is 0.353. The molecular weight excluding hydrogens is 1640 g/mol. The number of aryl methyl sites for hydroxylation is 12. The van der Waals surface area contributed by atoms with Crippen molar-refractivity contribution < 1.29 is 59.4 Å². The van der Waals surface area contributed by atoms with Gasteiger partial charge in [0.2, 0.25) is 0 Å². The quantitative estimate of drug-likeness (QED) is 0.0306. The third-order valence-corrected chi connectivity index (χ3v) is 26.0. The molecule has 26 heteroatoms. The Hall–Kier alpha value is -12.3. The Bertz CT molecular complexity index is 6220. The minimum Gasteiger partial charge on any atom is -0.550 e. The molecule has 0 amide bonds. The van der Waals surface area contributed by atoms with Crippen LogP contribution in [0.2, 0.25) is 0 Å². The third kappa shape index (κ3) is 19.8. The number of nitrogens with one attached hydrogen (secondary N) is 6. The second-order valence-corrected chi connectivity index (χ2v) is 33.3. The zero-order valence-corrected chi connectivity index (χ0v) is 78.7. The van der Waals surface area contributed by atoms with E-state index in [0.717, 1.165) is 222 Å². The van der Waals surface area contributed by atoms with Gasteiger partial charge in [-0.3, -0.25) is 0 Å². The normalized spacial score (nSPS) is 13.1. The summed E-state index contributed by atoms with van der Waals surface area (Å²) in [6, 6.07) is 24.3. The summed E-state index contributed by atoms with van der Waals surface area (Å²) in [6.45, 7) is 37.3. The van der Waals surface area contributed by atoms with Gasteiger partial charge in [0.05, 0.1) is 68.3 Å². The summed E-state index contributed by atoms with van der Waals surface area (Å²) in [6.07, 6.45) is 5.88. The summed E-state index contributed by atoms with van der Waals surface area (Å²) in [5, 5.41) is 68.5. The van der Waals surface area contributed by atoms with Gasteiger partial charge in [-0.05, 0) is 405 Å². The maximum Gasteiger partial charge on any atom is 3.00 e. The summed E-state index contributed by atoms with van der Waals surface area (Å²) in [5.74, 6) is -6.75. The minimum absolute atomic E-state index is 0. The van der Waals surface area contributed by atoms with E-state index in [-0.39, 0.29) is 112 Å². The van der Waals surface area contributed by atoms with Gasteiger partial charge in [-0.1, -0.05) is 41.5 Å². The van der Waals surface area contributed by atoms with E-state index in [2.05, 4.69) is 131 Å². The largest absolute Gasteiger partial charge is 3.00 e. The Morgan fingerprint density at radius 2 is 0.344 bits per heavy atom. The first-order valence-electron chi connectivity index (χ1n) is 43.7. The van der Waals surface area contributed by atoms with Crippen LogP contribution in [0.3, 0.4) is 0 Å². The van der Waals surface area contributed by atoms with Gasteiger partial charge >= 0.3 is 34.7 Å². The van der Waals surface area contributed by atoms with E-state index in [9.17, 15) is 59.4 Å². The maximum atomic E-state index is 11.4. The average Bonchev–Trinajstić information content (AvgIpc) is 1.62. The number of carbonyl (C=O) groups is 6. The molecule has 6 aliphatic heterocycles. The number of H-pyrrole nitrogens is 6. The molecule has 0 radical (unpaired) electrons. The third-order valence-electron chi connectivity index (χ3n) is 26.0. The van der Waals surface area contributed by atoms with Crippen molar-refractivity contribution in [2.75, 3.05) is 0 Å². The van der Waals surface area contributed by atoms with Crippen LogP contribution in [0.1, 0.15) is 295 Å². The Morgan fingerprint density at radius 3 is 0.484 bits per heavy atom. The molecule has 9 aromatic rings. The molecule has 128 heavy (non-hydrogen) atoms. The molecule has 0 fully saturated rings. The summed E-state index contributed by atoms with van der Waals surface area (Å²) in [4.78, 5) is 120. The van der Waals surface area contributed by atoms with Crippen LogP contribution in [-0.4, -0.2) is 130 Å². The van der Waals surface area contributed by atoms with E-state index in [4.69, 9.17) is 29.9 Å². The molecule has 24 bridgehead atoms. The van der Waals surface area contributed by atoms with Gasteiger partial charge < -0.3 is 89.3 Å². The predicted molar refractivity (Wildman–Crippen MR) is 500 cm³/mol. The average molecular weight is 1750 g/mol. The Labute approximate surface area is 765 Å². The van der Waals surface area contributed by atoms with Crippen molar-refractivity contribution in [2.45, 2.75) is 240 Å². The molecule has 654 valence electrons. The zero-order valence-electron chi connectivity index (χ0n) is 76.4. The van der Waals surface area contributed by atoms with Gasteiger partial charge in [0.15, 0.2) is 0 Å². The van der Waals surface area contributed by atoms with Crippen molar-refractivity contribution in [2.24, 2.45) is 0 Å². The molecule has 15 heterocycles. The van der Waals surface area contributed by atoms with Gasteiger partial charge in [0, 0.05) is 102 Å². The van der Waals surface area contributed by atoms with E-state index in [1.165, 1.54) is 50.1 Å². The van der Waals surface area contributed by atoms with Crippen molar-refractivity contribution in [3.8, 4) is 0 Å². The Balaban J connectivity index is 0.000000185. The molecule has 0 spiro atoms. The van der Waals surface area contributed by atoms with Crippen LogP contribution < -0.4 is 30.6 Å². The molecule has 0 saturated heterocycles. The van der Waals surface area contributed by atoms with Crippen molar-refractivity contribution in [1.82, 2.24) is 59.8 Å². The van der Waals surface area contributed by atoms with Crippen LogP contribution in [0.15, 0.2) is 72.8 Å². The Morgan fingerprint density at radius 1 is 0.211 bits per heavy atom. The number of hydrogen-bond acceptors (Lipinski definition) is 18. The minimum atomic E-state index is -1.13. The monoisotopic (exact) mass is 1750 g/mol. The molecular formula is C102H108Al2N12O12. The first kappa shape index (κ1) is 96.3. The molecule has 15 rings (SSSR count). The fourth-order valence-corrected chi connectivity index (χ4v) is 18.6. The van der Waals surface area contributed by atoms with E-state index < -0.39 is 35.8 Å². The van der Waals surface area contributed by atoms with Gasteiger partial charge in [-0.2, -0.15) is 0 Å². The molecule has 9 aromatic heterocycles. The van der Waals surface area contributed by atoms with Gasteiger partial charge in [0.1, 0.15) is 0 Å². The number of hydrogen-bond donors (Lipinski definition) is 6. The zero-order chi connectivity index (χ0) is 90.9. The SMILES string of the molecule is CCc1c(C)c2cc3[nH]c(cc4nc(cc5nc(cc1[nH]2)C(C)=C5CCC(=O)[O-])C(CCC(=O)[O-])=C4C)c(C)c3CC.CCc1c(C)c2cc3[nH]c(cc4nc(cc5nc(cc1[nH]2)C(C)=C5CCC(=O)[O-])C(CCC(=O)[O-])=C4C)c(C)c3CC.CCc1c(C)c2cc3[nH]c(cc4nc(cc5nc(cc1[nH]2)C(C)=C5CCC(=O)[O-])C(CCC(=O)[O-])=C4C)c(C)c3CC.[Al+3].[Al+3]. The molecule has 0 atom stereocenters. The molecule has 0 aliphatic carbocycles.